The van der Waals surface area contributed by atoms with Crippen LogP contribution in [0.4, 0.5) is 5.69 Å². The fourth-order valence-electron chi connectivity index (χ4n) is 4.87. The molecule has 1 saturated carbocycles. The Morgan fingerprint density at radius 1 is 1.07 bits per heavy atom. The van der Waals surface area contributed by atoms with Crippen molar-refractivity contribution in [3.63, 3.8) is 0 Å². The van der Waals surface area contributed by atoms with E-state index in [9.17, 15) is 0 Å². The summed E-state index contributed by atoms with van der Waals surface area (Å²) in [5, 5.41) is 5.73. The summed E-state index contributed by atoms with van der Waals surface area (Å²) >= 11 is 0. The number of hydrogen-bond donors (Lipinski definition) is 2. The maximum Gasteiger partial charge on any atom is 0.220 e. The van der Waals surface area contributed by atoms with Crippen LogP contribution in [-0.2, 0) is 4.74 Å². The molecule has 2 fully saturated rings. The fraction of sp³-hybridized carbons (Fsp3) is 0.550. The molecule has 0 radical (unpaired) electrons. The van der Waals surface area contributed by atoms with Crippen molar-refractivity contribution in [2.75, 3.05) is 11.5 Å². The molecule has 3 aliphatic rings. The molecule has 4 N–H and O–H groups in total. The lowest BCUT2D eigenvalue weighted by atomic mass is 9.87. The molecule has 1 unspecified atom stereocenters. The molecule has 1 saturated heterocycles. The number of benzene rings is 1. The lowest BCUT2D eigenvalue weighted by Crippen LogP contribution is -2.58. The highest BCUT2D eigenvalue weighted by atomic mass is 16.5. The lowest BCUT2D eigenvalue weighted by molar-refractivity contribution is -0.0366. The molecular formula is C20H27N7O. The van der Waals surface area contributed by atoms with Gasteiger partial charge in [0.25, 0.3) is 0 Å². The van der Waals surface area contributed by atoms with E-state index in [0.717, 1.165) is 68.1 Å². The quantitative estimate of drug-likeness (QED) is 0.832. The Hall–Kier alpha value is -2.61. The number of nitrogens with zero attached hydrogens (tertiary/aromatic N) is 5. The zero-order chi connectivity index (χ0) is 19.1. The van der Waals surface area contributed by atoms with Gasteiger partial charge in [-0.25, -0.2) is 9.67 Å². The van der Waals surface area contributed by atoms with Gasteiger partial charge >= 0.3 is 0 Å². The van der Waals surface area contributed by atoms with Crippen LogP contribution in [0.15, 0.2) is 34.4 Å². The summed E-state index contributed by atoms with van der Waals surface area (Å²) in [5.74, 6) is 0.672. The first kappa shape index (κ1) is 17.5. The van der Waals surface area contributed by atoms with E-state index in [4.69, 9.17) is 21.2 Å². The summed E-state index contributed by atoms with van der Waals surface area (Å²) in [4.78, 5) is 11.2. The van der Waals surface area contributed by atoms with Gasteiger partial charge < -0.3 is 16.2 Å². The van der Waals surface area contributed by atoms with Gasteiger partial charge in [0, 0.05) is 12.0 Å². The number of ether oxygens (including phenoxy) is 1. The molecule has 1 atom stereocenters. The van der Waals surface area contributed by atoms with Crippen molar-refractivity contribution in [1.29, 1.82) is 0 Å². The molecule has 0 amide bonds. The van der Waals surface area contributed by atoms with Crippen molar-refractivity contribution < 1.29 is 4.74 Å². The maximum absolute atomic E-state index is 6.45. The number of aromatic nitrogens is 2. The minimum absolute atomic E-state index is 0.0498. The van der Waals surface area contributed by atoms with E-state index in [2.05, 4.69) is 27.1 Å². The van der Waals surface area contributed by atoms with Crippen LogP contribution in [0.3, 0.4) is 0 Å². The van der Waals surface area contributed by atoms with Gasteiger partial charge in [0.05, 0.1) is 17.4 Å². The van der Waals surface area contributed by atoms with E-state index in [1.54, 1.807) is 0 Å². The first-order valence-electron chi connectivity index (χ1n) is 10.3. The first-order chi connectivity index (χ1) is 13.7. The van der Waals surface area contributed by atoms with Crippen molar-refractivity contribution in [2.45, 2.75) is 63.3 Å². The number of hydrogen-bond acceptors (Lipinski definition) is 7. The third-order valence-electron chi connectivity index (χ3n) is 6.12. The Kier molecular flexibility index (Phi) is 4.23. The van der Waals surface area contributed by atoms with Gasteiger partial charge in [-0.05, 0) is 51.0 Å². The highest BCUT2D eigenvalue weighted by Crippen LogP contribution is 2.42. The van der Waals surface area contributed by atoms with Gasteiger partial charge in [0.2, 0.25) is 11.9 Å². The SMILES string of the molecule is NC1=NC2(CCCCC2)N(c2cccc3cnn(C4CCCCO4)c23)C(N)=N1. The van der Waals surface area contributed by atoms with Crippen LogP contribution < -0.4 is 16.4 Å². The van der Waals surface area contributed by atoms with Crippen molar-refractivity contribution in [3.05, 3.63) is 24.4 Å². The van der Waals surface area contributed by atoms with Crippen LogP contribution in [-0.4, -0.2) is 34.0 Å². The van der Waals surface area contributed by atoms with Crippen molar-refractivity contribution in [3.8, 4) is 0 Å². The van der Waals surface area contributed by atoms with E-state index >= 15 is 0 Å². The highest BCUT2D eigenvalue weighted by Gasteiger charge is 2.43. The average molecular weight is 381 g/mol. The number of aliphatic imine (C=N–C) groups is 2. The van der Waals surface area contributed by atoms with Gasteiger partial charge in [-0.15, -0.1) is 0 Å². The minimum atomic E-state index is -0.467. The number of rotatable bonds is 2. The monoisotopic (exact) mass is 381 g/mol. The fourth-order valence-corrected chi connectivity index (χ4v) is 4.87. The third-order valence-corrected chi connectivity index (χ3v) is 6.12. The van der Waals surface area contributed by atoms with E-state index in [1.807, 2.05) is 16.9 Å². The molecule has 148 valence electrons. The molecular weight excluding hydrogens is 354 g/mol. The average Bonchev–Trinajstić information content (AvgIpc) is 3.14. The Labute approximate surface area is 164 Å². The standard InChI is InChI=1S/C20H27N7O/c21-18-24-19(22)26(20(25-18)10-3-1-4-11-20)15-8-6-7-14-13-23-27(17(14)15)16-9-2-5-12-28-16/h6-8,13,16H,1-5,9-12H2,(H4,21,22,24,25). The second-order valence-corrected chi connectivity index (χ2v) is 7.94. The summed E-state index contributed by atoms with van der Waals surface area (Å²) in [6.07, 6.45) is 10.3. The Morgan fingerprint density at radius 2 is 1.93 bits per heavy atom. The first-order valence-corrected chi connectivity index (χ1v) is 10.3. The molecule has 28 heavy (non-hydrogen) atoms. The molecule has 2 aliphatic heterocycles. The smallest absolute Gasteiger partial charge is 0.220 e. The van der Waals surface area contributed by atoms with Crippen LogP contribution >= 0.6 is 0 Å². The molecule has 5 rings (SSSR count). The molecule has 2 aromatic rings. The molecule has 8 heteroatoms. The summed E-state index contributed by atoms with van der Waals surface area (Å²) in [6, 6.07) is 6.20. The summed E-state index contributed by atoms with van der Waals surface area (Å²) in [7, 11) is 0. The molecule has 3 heterocycles. The zero-order valence-corrected chi connectivity index (χ0v) is 16.0. The van der Waals surface area contributed by atoms with Gasteiger partial charge in [-0.2, -0.15) is 10.1 Å². The van der Waals surface area contributed by atoms with Crippen LogP contribution in [0.2, 0.25) is 0 Å². The van der Waals surface area contributed by atoms with Crippen LogP contribution in [0, 0.1) is 0 Å². The minimum Gasteiger partial charge on any atom is -0.369 e. The molecule has 0 bridgehead atoms. The van der Waals surface area contributed by atoms with Gasteiger partial charge in [0.1, 0.15) is 5.66 Å². The van der Waals surface area contributed by atoms with Gasteiger partial charge in [-0.1, -0.05) is 18.6 Å². The second-order valence-electron chi connectivity index (χ2n) is 7.94. The summed E-state index contributed by atoms with van der Waals surface area (Å²) in [6.45, 7) is 0.770. The molecule has 1 aromatic heterocycles. The molecule has 8 nitrogen and oxygen atoms in total. The van der Waals surface area contributed by atoms with E-state index in [0.29, 0.717) is 5.96 Å². The zero-order valence-electron chi connectivity index (χ0n) is 16.0. The summed E-state index contributed by atoms with van der Waals surface area (Å²) in [5.41, 5.74) is 14.0. The largest absolute Gasteiger partial charge is 0.369 e. The summed E-state index contributed by atoms with van der Waals surface area (Å²) < 4.78 is 8.04. The predicted octanol–water partition coefficient (Wildman–Crippen LogP) is 2.85. The molecule has 1 aromatic carbocycles. The number of para-hydroxylation sites is 1. The van der Waals surface area contributed by atoms with Crippen LogP contribution in [0.5, 0.6) is 0 Å². The maximum atomic E-state index is 6.45. The lowest BCUT2D eigenvalue weighted by Gasteiger charge is -2.45. The Balaban J connectivity index is 1.67. The van der Waals surface area contributed by atoms with Crippen LogP contribution in [0.1, 0.15) is 57.6 Å². The van der Waals surface area contributed by atoms with Crippen molar-refractivity contribution in [2.24, 2.45) is 21.5 Å². The van der Waals surface area contributed by atoms with Crippen LogP contribution in [0.25, 0.3) is 10.9 Å². The van der Waals surface area contributed by atoms with Gasteiger partial charge in [0.15, 0.2) is 6.23 Å². The third kappa shape index (κ3) is 2.74. The van der Waals surface area contributed by atoms with E-state index in [-0.39, 0.29) is 12.2 Å². The Morgan fingerprint density at radius 3 is 2.71 bits per heavy atom. The van der Waals surface area contributed by atoms with Gasteiger partial charge in [-0.3, -0.25) is 4.90 Å². The second kappa shape index (κ2) is 6.77. The Bertz CT molecular complexity index is 935. The van der Waals surface area contributed by atoms with Crippen molar-refractivity contribution >= 4 is 28.5 Å². The number of guanidine groups is 2. The van der Waals surface area contributed by atoms with E-state index in [1.165, 1.54) is 6.42 Å². The normalized spacial score (nSPS) is 25.0. The number of anilines is 1. The number of fused-ring (bicyclic) bond motifs is 1. The number of nitrogens with two attached hydrogens (primary N) is 2. The highest BCUT2D eigenvalue weighted by molar-refractivity contribution is 6.09. The molecule has 1 spiro atoms. The molecule has 1 aliphatic carbocycles. The topological polar surface area (TPSA) is 107 Å². The van der Waals surface area contributed by atoms with Crippen molar-refractivity contribution in [1.82, 2.24) is 9.78 Å². The van der Waals surface area contributed by atoms with E-state index < -0.39 is 5.66 Å². The predicted molar refractivity (Wildman–Crippen MR) is 110 cm³/mol.